The van der Waals surface area contributed by atoms with Gasteiger partial charge in [0.1, 0.15) is 5.82 Å². The second-order valence-electron chi connectivity index (χ2n) is 6.45. The Morgan fingerprint density at radius 2 is 2.08 bits per heavy atom. The number of carboxylic acids is 1. The summed E-state index contributed by atoms with van der Waals surface area (Å²) in [4.78, 5) is 42.5. The average Bonchev–Trinajstić information content (AvgIpc) is 3.08. The van der Waals surface area contributed by atoms with Gasteiger partial charge >= 0.3 is 18.0 Å². The molecule has 0 saturated carbocycles. The fraction of sp³-hybridized carbons (Fsp3) is 0.529. The van der Waals surface area contributed by atoms with Crippen molar-refractivity contribution in [3.63, 3.8) is 0 Å². The lowest BCUT2D eigenvalue weighted by Gasteiger charge is -2.41. The van der Waals surface area contributed by atoms with Gasteiger partial charge in [-0.3, -0.25) is 4.79 Å². The number of nitrogens with one attached hydrogen (secondary N) is 1. The predicted molar refractivity (Wildman–Crippen MR) is 92.0 cm³/mol. The quantitative estimate of drug-likeness (QED) is 0.736. The monoisotopic (exact) mass is 362 g/mol. The number of pyridine rings is 1. The summed E-state index contributed by atoms with van der Waals surface area (Å²) in [5, 5.41) is 11.9. The molecular formula is C17H22N4O5. The Bertz CT molecular complexity index is 687. The van der Waals surface area contributed by atoms with Gasteiger partial charge in [-0.15, -0.1) is 0 Å². The molecule has 1 atom stereocenters. The second kappa shape index (κ2) is 7.59. The van der Waals surface area contributed by atoms with E-state index in [1.54, 1.807) is 24.0 Å². The lowest BCUT2D eigenvalue weighted by molar-refractivity contribution is -0.141. The largest absolute Gasteiger partial charge is 0.481 e. The first-order valence-electron chi connectivity index (χ1n) is 8.64. The molecule has 1 unspecified atom stereocenters. The number of urea groups is 1. The molecule has 0 aliphatic carbocycles. The maximum Gasteiger partial charge on any atom is 0.339 e. The molecule has 0 radical (unpaired) electrons. The smallest absolute Gasteiger partial charge is 0.339 e. The zero-order valence-corrected chi connectivity index (χ0v) is 14.6. The first-order chi connectivity index (χ1) is 12.5. The van der Waals surface area contributed by atoms with E-state index in [1.807, 2.05) is 4.90 Å². The zero-order valence-electron chi connectivity index (χ0n) is 14.6. The van der Waals surface area contributed by atoms with Gasteiger partial charge in [-0.1, -0.05) is 0 Å². The molecule has 3 rings (SSSR count). The van der Waals surface area contributed by atoms with Gasteiger partial charge in [-0.05, 0) is 25.5 Å². The van der Waals surface area contributed by atoms with E-state index >= 15 is 0 Å². The SMILES string of the molecule is CCOC(=O)c1ccc(N2CC(NC(=O)N3CCC(C(=O)O)C3)C2)nc1. The summed E-state index contributed by atoms with van der Waals surface area (Å²) in [6.07, 6.45) is 1.98. The van der Waals surface area contributed by atoms with E-state index in [-0.39, 0.29) is 18.6 Å². The van der Waals surface area contributed by atoms with E-state index in [0.717, 1.165) is 5.82 Å². The van der Waals surface area contributed by atoms with Crippen molar-refractivity contribution < 1.29 is 24.2 Å². The molecule has 0 bridgehead atoms. The lowest BCUT2D eigenvalue weighted by atomic mass is 10.1. The van der Waals surface area contributed by atoms with Crippen molar-refractivity contribution in [2.45, 2.75) is 19.4 Å². The zero-order chi connectivity index (χ0) is 18.7. The summed E-state index contributed by atoms with van der Waals surface area (Å²) < 4.78 is 4.92. The minimum Gasteiger partial charge on any atom is -0.481 e. The third-order valence-electron chi connectivity index (χ3n) is 4.62. The number of carbonyl (C=O) groups excluding carboxylic acids is 2. The number of anilines is 1. The van der Waals surface area contributed by atoms with Gasteiger partial charge in [0, 0.05) is 32.4 Å². The Morgan fingerprint density at radius 1 is 1.31 bits per heavy atom. The van der Waals surface area contributed by atoms with Crippen molar-refractivity contribution in [2.24, 2.45) is 5.92 Å². The third kappa shape index (κ3) is 3.87. The van der Waals surface area contributed by atoms with Crippen LogP contribution in [0.3, 0.4) is 0 Å². The lowest BCUT2D eigenvalue weighted by Crippen LogP contribution is -2.61. The molecule has 1 aromatic heterocycles. The molecule has 1 aromatic rings. The van der Waals surface area contributed by atoms with Gasteiger partial charge in [0.2, 0.25) is 0 Å². The Morgan fingerprint density at radius 3 is 2.65 bits per heavy atom. The Balaban J connectivity index is 1.45. The number of hydrogen-bond acceptors (Lipinski definition) is 6. The highest BCUT2D eigenvalue weighted by atomic mass is 16.5. The maximum atomic E-state index is 12.2. The summed E-state index contributed by atoms with van der Waals surface area (Å²) in [6, 6.07) is 3.20. The van der Waals surface area contributed by atoms with Crippen molar-refractivity contribution in [2.75, 3.05) is 37.7 Å². The number of carboxylic acid groups (broad SMARTS) is 1. The average molecular weight is 362 g/mol. The van der Waals surface area contributed by atoms with Gasteiger partial charge in [-0.25, -0.2) is 14.6 Å². The molecule has 140 valence electrons. The summed E-state index contributed by atoms with van der Waals surface area (Å²) in [6.45, 7) is 4.03. The van der Waals surface area contributed by atoms with E-state index < -0.39 is 17.9 Å². The number of likely N-dealkylation sites (tertiary alicyclic amines) is 1. The molecule has 0 spiro atoms. The molecule has 26 heavy (non-hydrogen) atoms. The van der Waals surface area contributed by atoms with Gasteiger partial charge in [0.15, 0.2) is 0 Å². The number of esters is 1. The van der Waals surface area contributed by atoms with E-state index in [0.29, 0.717) is 38.2 Å². The molecule has 2 amide bonds. The Hall–Kier alpha value is -2.84. The highest BCUT2D eigenvalue weighted by Crippen LogP contribution is 2.20. The number of aromatic nitrogens is 1. The minimum absolute atomic E-state index is 0.00193. The van der Waals surface area contributed by atoms with Gasteiger partial charge < -0.3 is 25.0 Å². The van der Waals surface area contributed by atoms with Crippen LogP contribution in [-0.2, 0) is 9.53 Å². The molecule has 9 heteroatoms. The first-order valence-corrected chi connectivity index (χ1v) is 8.64. The molecular weight excluding hydrogens is 340 g/mol. The van der Waals surface area contributed by atoms with Crippen molar-refractivity contribution >= 4 is 23.8 Å². The fourth-order valence-corrected chi connectivity index (χ4v) is 3.08. The second-order valence-corrected chi connectivity index (χ2v) is 6.45. The van der Waals surface area contributed by atoms with Crippen LogP contribution in [0, 0.1) is 5.92 Å². The molecule has 2 aliphatic rings. The number of aliphatic carboxylic acids is 1. The number of ether oxygens (including phenoxy) is 1. The fourth-order valence-electron chi connectivity index (χ4n) is 3.08. The Kier molecular flexibility index (Phi) is 5.24. The van der Waals surface area contributed by atoms with Crippen LogP contribution < -0.4 is 10.2 Å². The van der Waals surface area contributed by atoms with Crippen LogP contribution in [-0.4, -0.2) is 71.8 Å². The molecule has 2 fully saturated rings. The van der Waals surface area contributed by atoms with Gasteiger partial charge in [-0.2, -0.15) is 0 Å². The summed E-state index contributed by atoms with van der Waals surface area (Å²) in [5.41, 5.74) is 0.406. The number of nitrogens with zero attached hydrogens (tertiary/aromatic N) is 3. The first kappa shape index (κ1) is 18.0. The van der Waals surface area contributed by atoms with Gasteiger partial charge in [0.05, 0.1) is 24.1 Å². The van der Waals surface area contributed by atoms with Crippen LogP contribution in [0.15, 0.2) is 18.3 Å². The number of amides is 2. The number of hydrogen-bond donors (Lipinski definition) is 2. The van der Waals surface area contributed by atoms with Crippen LogP contribution in [0.5, 0.6) is 0 Å². The van der Waals surface area contributed by atoms with Crippen LogP contribution in [0.1, 0.15) is 23.7 Å². The van der Waals surface area contributed by atoms with Crippen molar-refractivity contribution in [1.29, 1.82) is 0 Å². The Labute approximate surface area is 150 Å². The van der Waals surface area contributed by atoms with Crippen molar-refractivity contribution in [3.05, 3.63) is 23.9 Å². The normalized spacial score (nSPS) is 19.8. The van der Waals surface area contributed by atoms with E-state index in [9.17, 15) is 14.4 Å². The van der Waals surface area contributed by atoms with Gasteiger partial charge in [0.25, 0.3) is 0 Å². The number of rotatable bonds is 5. The third-order valence-corrected chi connectivity index (χ3v) is 4.62. The maximum absolute atomic E-state index is 12.2. The van der Waals surface area contributed by atoms with Crippen LogP contribution in [0.2, 0.25) is 0 Å². The predicted octanol–water partition coefficient (Wildman–Crippen LogP) is 0.563. The van der Waals surface area contributed by atoms with Crippen molar-refractivity contribution in [3.8, 4) is 0 Å². The highest BCUT2D eigenvalue weighted by Gasteiger charge is 2.34. The summed E-state index contributed by atoms with van der Waals surface area (Å²) in [7, 11) is 0. The molecule has 2 aliphatic heterocycles. The summed E-state index contributed by atoms with van der Waals surface area (Å²) >= 11 is 0. The van der Waals surface area contributed by atoms with Crippen molar-refractivity contribution in [1.82, 2.24) is 15.2 Å². The standard InChI is InChI=1S/C17H22N4O5/c1-2-26-16(24)11-3-4-14(18-7-11)21-9-13(10-21)19-17(25)20-6-5-12(8-20)15(22)23/h3-4,7,12-13H,2,5-6,8-10H2,1H3,(H,19,25)(H,22,23). The van der Waals surface area contributed by atoms with E-state index in [4.69, 9.17) is 9.84 Å². The van der Waals surface area contributed by atoms with Crippen LogP contribution in [0.25, 0.3) is 0 Å². The molecule has 0 aromatic carbocycles. The van der Waals surface area contributed by atoms with Crippen LogP contribution in [0.4, 0.5) is 10.6 Å². The molecule has 2 saturated heterocycles. The topological polar surface area (TPSA) is 112 Å². The van der Waals surface area contributed by atoms with Crippen LogP contribution >= 0.6 is 0 Å². The molecule has 3 heterocycles. The molecule has 2 N–H and O–H groups in total. The summed E-state index contributed by atoms with van der Waals surface area (Å²) in [5.74, 6) is -0.991. The number of carbonyl (C=O) groups is 3. The minimum atomic E-state index is -0.854. The van der Waals surface area contributed by atoms with E-state index in [2.05, 4.69) is 10.3 Å². The highest BCUT2D eigenvalue weighted by molar-refractivity contribution is 5.89. The van der Waals surface area contributed by atoms with E-state index in [1.165, 1.54) is 6.20 Å². The molecule has 9 nitrogen and oxygen atoms in total.